The molecule has 6 nitrogen and oxygen atoms in total. The molecule has 3 heterocycles. The fourth-order valence-electron chi connectivity index (χ4n) is 2.80. The Hall–Kier alpha value is -1.82. The molecule has 2 aliphatic heterocycles. The van der Waals surface area contributed by atoms with Crippen LogP contribution in [-0.2, 0) is 4.74 Å². The minimum absolute atomic E-state index is 0.0911. The number of rotatable bonds is 2. The summed E-state index contributed by atoms with van der Waals surface area (Å²) in [5.41, 5.74) is 0.0951. The van der Waals surface area contributed by atoms with Gasteiger partial charge in [0, 0.05) is 25.1 Å². The van der Waals surface area contributed by atoms with Crippen LogP contribution in [0.25, 0.3) is 0 Å². The van der Waals surface area contributed by atoms with Gasteiger partial charge in [-0.2, -0.15) is 0 Å². The molecule has 6 heteroatoms. The van der Waals surface area contributed by atoms with Gasteiger partial charge in [0.05, 0.1) is 6.61 Å². The van der Waals surface area contributed by atoms with Crippen molar-refractivity contribution in [3.05, 3.63) is 23.7 Å². The SMILES string of the molecule is O=C(O)c1ccc(C(=O)N2CC[C@]3(CCOC3)C2)o1. The molecule has 0 saturated carbocycles. The Balaban J connectivity index is 1.72. The zero-order valence-electron chi connectivity index (χ0n) is 10.4. The molecule has 2 aliphatic rings. The summed E-state index contributed by atoms with van der Waals surface area (Å²) in [6, 6.07) is 2.72. The van der Waals surface area contributed by atoms with Crippen molar-refractivity contribution < 1.29 is 23.8 Å². The van der Waals surface area contributed by atoms with Gasteiger partial charge >= 0.3 is 5.97 Å². The third-order valence-electron chi connectivity index (χ3n) is 3.94. The van der Waals surface area contributed by atoms with Crippen molar-refractivity contribution >= 4 is 11.9 Å². The summed E-state index contributed by atoms with van der Waals surface area (Å²) in [4.78, 5) is 24.7. The Labute approximate surface area is 109 Å². The average Bonchev–Trinajstić information content (AvgIpc) is 3.11. The summed E-state index contributed by atoms with van der Waals surface area (Å²) in [6.07, 6.45) is 1.92. The number of carboxylic acids is 1. The predicted molar refractivity (Wildman–Crippen MR) is 64.1 cm³/mol. The highest BCUT2D eigenvalue weighted by atomic mass is 16.5. The normalized spacial score (nSPS) is 26.2. The van der Waals surface area contributed by atoms with Crippen LogP contribution in [0.5, 0.6) is 0 Å². The van der Waals surface area contributed by atoms with E-state index in [2.05, 4.69) is 0 Å². The van der Waals surface area contributed by atoms with E-state index < -0.39 is 5.97 Å². The lowest BCUT2D eigenvalue weighted by atomic mass is 9.87. The van der Waals surface area contributed by atoms with Crippen molar-refractivity contribution in [3.63, 3.8) is 0 Å². The molecule has 1 aromatic heterocycles. The summed E-state index contributed by atoms with van der Waals surface area (Å²) >= 11 is 0. The number of carboxylic acid groups (broad SMARTS) is 1. The van der Waals surface area contributed by atoms with Crippen LogP contribution < -0.4 is 0 Å². The zero-order chi connectivity index (χ0) is 13.5. The molecule has 0 unspecified atom stereocenters. The van der Waals surface area contributed by atoms with Gasteiger partial charge in [0.25, 0.3) is 5.91 Å². The molecule has 3 rings (SSSR count). The van der Waals surface area contributed by atoms with E-state index in [-0.39, 0.29) is 22.8 Å². The zero-order valence-corrected chi connectivity index (χ0v) is 10.4. The van der Waals surface area contributed by atoms with E-state index in [1.165, 1.54) is 12.1 Å². The molecule has 2 saturated heterocycles. The van der Waals surface area contributed by atoms with Crippen molar-refractivity contribution in [1.29, 1.82) is 0 Å². The third-order valence-corrected chi connectivity index (χ3v) is 3.94. The van der Waals surface area contributed by atoms with Gasteiger partial charge in [0.2, 0.25) is 5.76 Å². The van der Waals surface area contributed by atoms with Crippen molar-refractivity contribution in [2.75, 3.05) is 26.3 Å². The lowest BCUT2D eigenvalue weighted by Gasteiger charge is -2.21. The summed E-state index contributed by atoms with van der Waals surface area (Å²) in [7, 11) is 0. The highest BCUT2D eigenvalue weighted by Crippen LogP contribution is 2.38. The van der Waals surface area contributed by atoms with Crippen LogP contribution in [0.15, 0.2) is 16.5 Å². The van der Waals surface area contributed by atoms with Gasteiger partial charge in [-0.3, -0.25) is 4.79 Å². The number of carbonyl (C=O) groups is 2. The monoisotopic (exact) mass is 265 g/mol. The number of likely N-dealkylation sites (tertiary alicyclic amines) is 1. The number of carbonyl (C=O) groups excluding carboxylic acids is 1. The van der Waals surface area contributed by atoms with E-state index in [9.17, 15) is 9.59 Å². The Morgan fingerprint density at radius 3 is 2.68 bits per heavy atom. The van der Waals surface area contributed by atoms with Gasteiger partial charge in [-0.15, -0.1) is 0 Å². The Bertz CT molecular complexity index is 515. The van der Waals surface area contributed by atoms with Crippen molar-refractivity contribution in [2.24, 2.45) is 5.41 Å². The number of furan rings is 1. The molecular weight excluding hydrogens is 250 g/mol. The first-order chi connectivity index (χ1) is 9.10. The van der Waals surface area contributed by atoms with E-state index in [4.69, 9.17) is 14.3 Å². The molecule has 0 bridgehead atoms. The molecule has 1 amide bonds. The Morgan fingerprint density at radius 1 is 1.26 bits per heavy atom. The van der Waals surface area contributed by atoms with Crippen LogP contribution in [-0.4, -0.2) is 48.2 Å². The van der Waals surface area contributed by atoms with Gasteiger partial charge < -0.3 is 19.2 Å². The number of ether oxygens (including phenoxy) is 1. The van der Waals surface area contributed by atoms with Crippen LogP contribution in [0.2, 0.25) is 0 Å². The minimum atomic E-state index is -1.17. The van der Waals surface area contributed by atoms with Crippen molar-refractivity contribution in [3.8, 4) is 0 Å². The van der Waals surface area contributed by atoms with Crippen LogP contribution in [0, 0.1) is 5.41 Å². The summed E-state index contributed by atoms with van der Waals surface area (Å²) < 4.78 is 10.5. The number of hydrogen-bond donors (Lipinski definition) is 1. The molecule has 0 radical (unpaired) electrons. The first-order valence-electron chi connectivity index (χ1n) is 6.30. The maximum absolute atomic E-state index is 12.2. The molecule has 0 aliphatic carbocycles. The second-order valence-corrected chi connectivity index (χ2v) is 5.25. The maximum atomic E-state index is 12.2. The third kappa shape index (κ3) is 2.12. The molecule has 1 atom stereocenters. The van der Waals surface area contributed by atoms with Gasteiger partial charge in [-0.25, -0.2) is 4.79 Å². The summed E-state index contributed by atoms with van der Waals surface area (Å²) in [5.74, 6) is -1.52. The molecular formula is C13H15NO5. The largest absolute Gasteiger partial charge is 0.475 e. The highest BCUT2D eigenvalue weighted by Gasteiger charge is 2.43. The van der Waals surface area contributed by atoms with E-state index in [1.54, 1.807) is 4.90 Å². The molecule has 19 heavy (non-hydrogen) atoms. The maximum Gasteiger partial charge on any atom is 0.371 e. The topological polar surface area (TPSA) is 80.0 Å². The number of amides is 1. The van der Waals surface area contributed by atoms with Crippen LogP contribution in [0.4, 0.5) is 0 Å². The average molecular weight is 265 g/mol. The second-order valence-electron chi connectivity index (χ2n) is 5.25. The standard InChI is InChI=1S/C13H15NO5/c15-11(9-1-2-10(19-9)12(16)17)14-5-3-13(7-14)4-6-18-8-13/h1-2H,3-8H2,(H,16,17)/t13-/m0/s1. The van der Waals surface area contributed by atoms with Gasteiger partial charge in [0.15, 0.2) is 5.76 Å². The number of aromatic carboxylic acids is 1. The van der Waals surface area contributed by atoms with Gasteiger partial charge in [0.1, 0.15) is 0 Å². The predicted octanol–water partition coefficient (Wildman–Crippen LogP) is 1.23. The van der Waals surface area contributed by atoms with Crippen LogP contribution in [0.3, 0.4) is 0 Å². The van der Waals surface area contributed by atoms with Gasteiger partial charge in [-0.05, 0) is 25.0 Å². The number of hydrogen-bond acceptors (Lipinski definition) is 4. The lowest BCUT2D eigenvalue weighted by Crippen LogP contribution is -2.32. The molecule has 1 spiro atoms. The smallest absolute Gasteiger partial charge is 0.371 e. The minimum Gasteiger partial charge on any atom is -0.475 e. The van der Waals surface area contributed by atoms with Gasteiger partial charge in [-0.1, -0.05) is 0 Å². The Morgan fingerprint density at radius 2 is 2.05 bits per heavy atom. The fourth-order valence-corrected chi connectivity index (χ4v) is 2.80. The van der Waals surface area contributed by atoms with Crippen molar-refractivity contribution in [1.82, 2.24) is 4.90 Å². The molecule has 2 fully saturated rings. The first-order valence-corrected chi connectivity index (χ1v) is 6.30. The quantitative estimate of drug-likeness (QED) is 0.870. The lowest BCUT2D eigenvalue weighted by molar-refractivity contribution is 0.0651. The molecule has 0 aromatic carbocycles. The Kier molecular flexibility index (Phi) is 2.82. The summed E-state index contributed by atoms with van der Waals surface area (Å²) in [5, 5.41) is 8.78. The molecule has 1 N–H and O–H groups in total. The second kappa shape index (κ2) is 4.38. The highest BCUT2D eigenvalue weighted by molar-refractivity contribution is 5.93. The van der Waals surface area contributed by atoms with E-state index in [1.807, 2.05) is 0 Å². The van der Waals surface area contributed by atoms with Crippen LogP contribution in [0.1, 0.15) is 34.0 Å². The van der Waals surface area contributed by atoms with Crippen LogP contribution >= 0.6 is 0 Å². The fraction of sp³-hybridized carbons (Fsp3) is 0.538. The molecule has 102 valence electrons. The number of nitrogens with zero attached hydrogens (tertiary/aromatic N) is 1. The van der Waals surface area contributed by atoms with E-state index in [0.717, 1.165) is 19.4 Å². The molecule has 1 aromatic rings. The van der Waals surface area contributed by atoms with Crippen molar-refractivity contribution in [2.45, 2.75) is 12.8 Å². The summed E-state index contributed by atoms with van der Waals surface area (Å²) in [6.45, 7) is 2.79. The van der Waals surface area contributed by atoms with E-state index >= 15 is 0 Å². The van der Waals surface area contributed by atoms with E-state index in [0.29, 0.717) is 19.7 Å². The first kappa shape index (κ1) is 12.2.